The fraction of sp³-hybridized carbons (Fsp3) is 0.500. The van der Waals surface area contributed by atoms with Crippen LogP contribution in [0.5, 0.6) is 0 Å². The number of halogens is 4. The number of aryl methyl sites for hydroxylation is 1. The van der Waals surface area contributed by atoms with Crippen LogP contribution in [0.25, 0.3) is 10.1 Å². The monoisotopic (exact) mass is 429 g/mol. The number of aliphatic hydroxyl groups excluding tert-OH is 1. The highest BCUT2D eigenvalue weighted by molar-refractivity contribution is 7.94. The molecule has 0 saturated carbocycles. The highest BCUT2D eigenvalue weighted by Crippen LogP contribution is 2.40. The summed E-state index contributed by atoms with van der Waals surface area (Å²) < 4.78 is 65.4. The van der Waals surface area contributed by atoms with Crippen molar-refractivity contribution in [3.8, 4) is 0 Å². The predicted molar refractivity (Wildman–Crippen MR) is 97.2 cm³/mol. The molecule has 0 amide bonds. The molecule has 1 heterocycles. The van der Waals surface area contributed by atoms with E-state index in [0.717, 1.165) is 11.3 Å². The predicted octanol–water partition coefficient (Wildman–Crippen LogP) is 4.26. The van der Waals surface area contributed by atoms with Gasteiger partial charge in [0.2, 0.25) is 0 Å². The van der Waals surface area contributed by atoms with Crippen LogP contribution >= 0.6 is 22.9 Å². The first kappa shape index (κ1) is 21.4. The number of benzene rings is 1. The largest absolute Gasteiger partial charge is 0.389 e. The molecule has 2 aromatic rings. The molecule has 0 aliphatic rings. The number of sulfone groups is 1. The minimum atomic E-state index is -4.56. The Hall–Kier alpha value is -0.870. The molecule has 1 aromatic heterocycles. The number of fused-ring (bicyclic) bond motifs is 1. The Kier molecular flexibility index (Phi) is 6.29. The first-order chi connectivity index (χ1) is 11.9. The Bertz CT molecular complexity index is 894. The van der Waals surface area contributed by atoms with E-state index in [9.17, 15) is 26.7 Å². The van der Waals surface area contributed by atoms with Gasteiger partial charge in [0, 0.05) is 16.1 Å². The fourth-order valence-corrected chi connectivity index (χ4v) is 7.18. The van der Waals surface area contributed by atoms with Gasteiger partial charge in [-0.3, -0.25) is 0 Å². The molecule has 0 radical (unpaired) electrons. The van der Waals surface area contributed by atoms with E-state index in [0.29, 0.717) is 20.7 Å². The molecular formula is C16H19ClF3NO3S2. The second kappa shape index (κ2) is 7.63. The van der Waals surface area contributed by atoms with Gasteiger partial charge in [0.25, 0.3) is 0 Å². The maximum atomic E-state index is 13.1. The van der Waals surface area contributed by atoms with Crippen LogP contribution in [0.3, 0.4) is 0 Å². The normalized spacial score (nSPS) is 16.6. The summed E-state index contributed by atoms with van der Waals surface area (Å²) in [6, 6.07) is 4.85. The Morgan fingerprint density at radius 3 is 2.46 bits per heavy atom. The van der Waals surface area contributed by atoms with Gasteiger partial charge in [-0.1, -0.05) is 24.9 Å². The highest BCUT2D eigenvalue weighted by atomic mass is 35.5. The van der Waals surface area contributed by atoms with Gasteiger partial charge in [-0.25, -0.2) is 8.42 Å². The standard InChI is InChI=1S/C16H19ClF3NO3S2/c1-3-9(7-16(18,19)20)13(14(21)22)26(23,24)15-8(2)11-6-10(17)4-5-12(11)25-15/h4-6,9,13-14,22H,3,7,21H2,1-2H3/t9?,13?,14-/m0/s1. The summed E-state index contributed by atoms with van der Waals surface area (Å²) in [7, 11) is -4.29. The lowest BCUT2D eigenvalue weighted by Gasteiger charge is -2.28. The van der Waals surface area contributed by atoms with Crippen molar-refractivity contribution in [2.75, 3.05) is 0 Å². The van der Waals surface area contributed by atoms with E-state index >= 15 is 0 Å². The van der Waals surface area contributed by atoms with Gasteiger partial charge in [0.1, 0.15) is 15.7 Å². The van der Waals surface area contributed by atoms with E-state index in [2.05, 4.69) is 0 Å². The quantitative estimate of drug-likeness (QED) is 0.672. The third kappa shape index (κ3) is 4.33. The average molecular weight is 430 g/mol. The minimum absolute atomic E-state index is 0.0898. The molecule has 0 aliphatic heterocycles. The third-order valence-corrected chi connectivity index (χ3v) is 8.74. The van der Waals surface area contributed by atoms with E-state index in [1.54, 1.807) is 25.1 Å². The van der Waals surface area contributed by atoms with Crippen molar-refractivity contribution < 1.29 is 26.7 Å². The first-order valence-electron chi connectivity index (χ1n) is 7.81. The molecule has 3 atom stereocenters. The molecule has 0 spiro atoms. The lowest BCUT2D eigenvalue weighted by Crippen LogP contribution is -2.46. The molecule has 0 saturated heterocycles. The molecule has 0 bridgehead atoms. The number of alkyl halides is 3. The second-order valence-corrected chi connectivity index (χ2v) is 9.93. The number of hydrogen-bond donors (Lipinski definition) is 2. The van der Waals surface area contributed by atoms with Crippen molar-refractivity contribution in [3.63, 3.8) is 0 Å². The zero-order valence-corrected chi connectivity index (χ0v) is 16.4. The smallest absolute Gasteiger partial charge is 0.377 e. The SMILES string of the molecule is CCC(CC(F)(F)F)C([C@@H](N)O)S(=O)(=O)c1sc2ccc(Cl)cc2c1C. The number of aliphatic hydroxyl groups is 1. The maximum Gasteiger partial charge on any atom is 0.389 e. The maximum absolute atomic E-state index is 13.1. The zero-order valence-electron chi connectivity index (χ0n) is 14.0. The highest BCUT2D eigenvalue weighted by Gasteiger charge is 2.44. The Morgan fingerprint density at radius 1 is 1.35 bits per heavy atom. The van der Waals surface area contributed by atoms with E-state index in [-0.39, 0.29) is 10.6 Å². The Balaban J connectivity index is 2.59. The molecule has 0 fully saturated rings. The van der Waals surface area contributed by atoms with E-state index in [1.807, 2.05) is 0 Å². The van der Waals surface area contributed by atoms with Crippen LogP contribution in [0.1, 0.15) is 25.3 Å². The average Bonchev–Trinajstić information content (AvgIpc) is 2.82. The summed E-state index contributed by atoms with van der Waals surface area (Å²) in [5.41, 5.74) is 5.81. The third-order valence-electron chi connectivity index (χ3n) is 4.29. The zero-order chi connectivity index (χ0) is 19.9. The number of rotatable bonds is 6. The van der Waals surface area contributed by atoms with Crippen LogP contribution in [0, 0.1) is 12.8 Å². The summed E-state index contributed by atoms with van der Waals surface area (Å²) in [5.74, 6) is -1.35. The molecule has 10 heteroatoms. The number of nitrogens with two attached hydrogens (primary N) is 1. The summed E-state index contributed by atoms with van der Waals surface area (Å²) in [6.07, 6.45) is -7.92. The van der Waals surface area contributed by atoms with Crippen molar-refractivity contribution >= 4 is 42.9 Å². The van der Waals surface area contributed by atoms with Gasteiger partial charge in [0.05, 0.1) is 0 Å². The van der Waals surface area contributed by atoms with Gasteiger partial charge < -0.3 is 10.8 Å². The first-order valence-corrected chi connectivity index (χ1v) is 10.6. The van der Waals surface area contributed by atoms with Gasteiger partial charge >= 0.3 is 6.18 Å². The molecule has 1 aromatic carbocycles. The number of hydrogen-bond acceptors (Lipinski definition) is 5. The van der Waals surface area contributed by atoms with Crippen molar-refractivity contribution in [2.24, 2.45) is 11.7 Å². The van der Waals surface area contributed by atoms with Crippen molar-refractivity contribution in [3.05, 3.63) is 28.8 Å². The molecule has 3 N–H and O–H groups in total. The van der Waals surface area contributed by atoms with Crippen LogP contribution in [-0.4, -0.2) is 31.2 Å². The molecule has 146 valence electrons. The molecule has 2 rings (SSSR count). The number of thiophene rings is 1. The molecule has 0 aliphatic carbocycles. The summed E-state index contributed by atoms with van der Waals surface area (Å²) in [4.78, 5) is 0. The van der Waals surface area contributed by atoms with Gasteiger partial charge in [-0.05, 0) is 42.0 Å². The van der Waals surface area contributed by atoms with Crippen LogP contribution in [0.15, 0.2) is 22.4 Å². The lowest BCUT2D eigenvalue weighted by molar-refractivity contribution is -0.146. The van der Waals surface area contributed by atoms with E-state index in [1.165, 1.54) is 6.92 Å². The topological polar surface area (TPSA) is 80.4 Å². The van der Waals surface area contributed by atoms with Gasteiger partial charge in [-0.2, -0.15) is 13.2 Å². The van der Waals surface area contributed by atoms with Crippen molar-refractivity contribution in [1.29, 1.82) is 0 Å². The summed E-state index contributed by atoms with van der Waals surface area (Å²) >= 11 is 6.88. The second-order valence-electron chi connectivity index (χ2n) is 6.14. The Labute approximate surface area is 158 Å². The molecule has 26 heavy (non-hydrogen) atoms. The summed E-state index contributed by atoms with van der Waals surface area (Å²) in [5, 5.41) is 9.10. The molecule has 2 unspecified atom stereocenters. The lowest BCUT2D eigenvalue weighted by atomic mass is 9.97. The summed E-state index contributed by atoms with van der Waals surface area (Å²) in [6.45, 7) is 3.01. The molecule has 4 nitrogen and oxygen atoms in total. The van der Waals surface area contributed by atoms with Gasteiger partial charge in [-0.15, -0.1) is 11.3 Å². The van der Waals surface area contributed by atoms with Crippen LogP contribution in [0.2, 0.25) is 5.02 Å². The van der Waals surface area contributed by atoms with E-state index in [4.69, 9.17) is 17.3 Å². The van der Waals surface area contributed by atoms with Crippen LogP contribution in [-0.2, 0) is 9.84 Å². The van der Waals surface area contributed by atoms with Crippen LogP contribution in [0.4, 0.5) is 13.2 Å². The fourth-order valence-electron chi connectivity index (χ4n) is 3.07. The van der Waals surface area contributed by atoms with E-state index < -0.39 is 39.8 Å². The van der Waals surface area contributed by atoms with Gasteiger partial charge in [0.15, 0.2) is 9.84 Å². The van der Waals surface area contributed by atoms with Crippen LogP contribution < -0.4 is 5.73 Å². The Morgan fingerprint density at radius 2 is 1.96 bits per heavy atom. The van der Waals surface area contributed by atoms with Crippen molar-refractivity contribution in [2.45, 2.75) is 48.6 Å². The van der Waals surface area contributed by atoms with Crippen molar-refractivity contribution in [1.82, 2.24) is 0 Å². The molecular weight excluding hydrogens is 411 g/mol. The minimum Gasteiger partial charge on any atom is -0.377 e.